The van der Waals surface area contributed by atoms with Crippen molar-refractivity contribution in [3.63, 3.8) is 0 Å². The molecule has 0 amide bonds. The third kappa shape index (κ3) is 4.45. The van der Waals surface area contributed by atoms with Gasteiger partial charge in [0.15, 0.2) is 0 Å². The Bertz CT molecular complexity index is 427. The number of carbonyl (C=O) groups excluding carboxylic acids is 1. The Morgan fingerprint density at radius 2 is 1.80 bits per heavy atom. The van der Waals surface area contributed by atoms with Crippen LogP contribution in [0.2, 0.25) is 0 Å². The van der Waals surface area contributed by atoms with Crippen LogP contribution in [0.25, 0.3) is 0 Å². The van der Waals surface area contributed by atoms with E-state index in [0.717, 1.165) is 25.8 Å². The van der Waals surface area contributed by atoms with Crippen LogP contribution in [-0.2, 0) is 17.8 Å². The first-order valence-electron chi connectivity index (χ1n) is 8.14. The van der Waals surface area contributed by atoms with Gasteiger partial charge >= 0.3 is 0 Å². The van der Waals surface area contributed by atoms with Gasteiger partial charge in [0.25, 0.3) is 0 Å². The highest BCUT2D eigenvalue weighted by Crippen LogP contribution is 2.18. The quantitative estimate of drug-likeness (QED) is 0.725. The topological polar surface area (TPSA) is 29.1 Å². The number of ketones is 1. The highest BCUT2D eigenvalue weighted by atomic mass is 16.1. The fourth-order valence-electron chi connectivity index (χ4n) is 2.94. The Kier molecular flexibility index (Phi) is 6.25. The minimum atomic E-state index is 0.0422. The first kappa shape index (κ1) is 15.2. The van der Waals surface area contributed by atoms with Crippen LogP contribution >= 0.6 is 0 Å². The molecule has 1 atom stereocenters. The van der Waals surface area contributed by atoms with E-state index in [1.165, 1.54) is 43.2 Å². The molecular formula is C18H27NO. The molecule has 0 fully saturated rings. The van der Waals surface area contributed by atoms with Gasteiger partial charge in [-0.3, -0.25) is 4.79 Å². The first-order valence-corrected chi connectivity index (χ1v) is 8.14. The zero-order valence-corrected chi connectivity index (χ0v) is 12.7. The lowest BCUT2D eigenvalue weighted by molar-refractivity contribution is -0.121. The Balaban J connectivity index is 1.69. The number of hydrogen-bond donors (Lipinski definition) is 1. The lowest BCUT2D eigenvalue weighted by Crippen LogP contribution is -2.41. The summed E-state index contributed by atoms with van der Waals surface area (Å²) < 4.78 is 0. The molecule has 0 radical (unpaired) electrons. The van der Waals surface area contributed by atoms with Crippen molar-refractivity contribution in [3.05, 3.63) is 35.4 Å². The molecule has 2 heteroatoms. The van der Waals surface area contributed by atoms with Crippen LogP contribution in [0, 0.1) is 0 Å². The molecule has 0 aromatic heterocycles. The van der Waals surface area contributed by atoms with Gasteiger partial charge in [0.2, 0.25) is 0 Å². The maximum absolute atomic E-state index is 12.2. The molecular weight excluding hydrogens is 246 g/mol. The highest BCUT2D eigenvalue weighted by Gasteiger charge is 2.22. The average Bonchev–Trinajstić information content (AvgIpc) is 2.50. The van der Waals surface area contributed by atoms with E-state index in [1.54, 1.807) is 0 Å². The molecule has 0 saturated heterocycles. The summed E-state index contributed by atoms with van der Waals surface area (Å²) >= 11 is 0. The van der Waals surface area contributed by atoms with Crippen LogP contribution in [0.1, 0.15) is 63.0 Å². The number of carbonyl (C=O) groups is 1. The number of Topliss-reactive ketones (excluding diaryl/α,β-unsaturated/α-hetero) is 1. The van der Waals surface area contributed by atoms with Gasteiger partial charge in [0.05, 0.1) is 6.04 Å². The Morgan fingerprint density at radius 3 is 2.60 bits per heavy atom. The van der Waals surface area contributed by atoms with Crippen LogP contribution in [0.3, 0.4) is 0 Å². The standard InChI is InChI=1S/C18H27NO/c1-2-3-4-5-6-7-12-18(20)17-13-15-10-8-9-11-16(15)14-19-17/h8-11,17,19H,2-7,12-14H2,1H3. The van der Waals surface area contributed by atoms with Crippen molar-refractivity contribution in [2.24, 2.45) is 0 Å². The molecule has 1 aliphatic heterocycles. The molecule has 1 unspecified atom stereocenters. The predicted octanol–water partition coefficient (Wildman–Crippen LogP) is 4.02. The molecule has 0 saturated carbocycles. The van der Waals surface area contributed by atoms with Gasteiger partial charge in [-0.15, -0.1) is 0 Å². The minimum absolute atomic E-state index is 0.0422. The van der Waals surface area contributed by atoms with Gasteiger partial charge in [-0.25, -0.2) is 0 Å². The van der Waals surface area contributed by atoms with Crippen LogP contribution in [0.15, 0.2) is 24.3 Å². The Morgan fingerprint density at radius 1 is 1.10 bits per heavy atom. The third-order valence-corrected chi connectivity index (χ3v) is 4.25. The summed E-state index contributed by atoms with van der Waals surface area (Å²) in [6, 6.07) is 8.48. The molecule has 2 rings (SSSR count). The fraction of sp³-hybridized carbons (Fsp3) is 0.611. The second-order valence-electron chi connectivity index (χ2n) is 5.89. The molecule has 2 nitrogen and oxygen atoms in total. The summed E-state index contributed by atoms with van der Waals surface area (Å²) in [5.41, 5.74) is 2.68. The van der Waals surface area contributed by atoms with E-state index in [4.69, 9.17) is 0 Å². The summed E-state index contributed by atoms with van der Waals surface area (Å²) in [5.74, 6) is 0.398. The Labute approximate surface area is 123 Å². The Hall–Kier alpha value is -1.15. The summed E-state index contributed by atoms with van der Waals surface area (Å²) in [4.78, 5) is 12.2. The van der Waals surface area contributed by atoms with Crippen molar-refractivity contribution in [3.8, 4) is 0 Å². The van der Waals surface area contributed by atoms with Crippen molar-refractivity contribution in [1.29, 1.82) is 0 Å². The molecule has 1 aromatic carbocycles. The molecule has 0 aliphatic carbocycles. The first-order chi connectivity index (χ1) is 9.81. The van der Waals surface area contributed by atoms with Gasteiger partial charge in [-0.05, 0) is 24.0 Å². The van der Waals surface area contributed by atoms with Crippen LogP contribution in [-0.4, -0.2) is 11.8 Å². The van der Waals surface area contributed by atoms with Crippen molar-refractivity contribution >= 4 is 5.78 Å². The second kappa shape index (κ2) is 8.21. The maximum atomic E-state index is 12.2. The second-order valence-corrected chi connectivity index (χ2v) is 5.89. The van der Waals surface area contributed by atoms with Crippen LogP contribution in [0.5, 0.6) is 0 Å². The van der Waals surface area contributed by atoms with Gasteiger partial charge in [0, 0.05) is 13.0 Å². The maximum Gasteiger partial charge on any atom is 0.150 e. The number of fused-ring (bicyclic) bond motifs is 1. The van der Waals surface area contributed by atoms with Crippen molar-refractivity contribution < 1.29 is 4.79 Å². The zero-order valence-electron chi connectivity index (χ0n) is 12.7. The van der Waals surface area contributed by atoms with E-state index >= 15 is 0 Å². The third-order valence-electron chi connectivity index (χ3n) is 4.25. The van der Waals surface area contributed by atoms with E-state index in [0.29, 0.717) is 5.78 Å². The van der Waals surface area contributed by atoms with E-state index in [2.05, 4.69) is 36.5 Å². The summed E-state index contributed by atoms with van der Waals surface area (Å²) in [5, 5.41) is 3.39. The smallest absolute Gasteiger partial charge is 0.150 e. The molecule has 20 heavy (non-hydrogen) atoms. The monoisotopic (exact) mass is 273 g/mol. The minimum Gasteiger partial charge on any atom is -0.303 e. The number of benzene rings is 1. The van der Waals surface area contributed by atoms with E-state index in [1.807, 2.05) is 0 Å². The van der Waals surface area contributed by atoms with Crippen molar-refractivity contribution in [2.75, 3.05) is 0 Å². The zero-order chi connectivity index (χ0) is 14.2. The van der Waals surface area contributed by atoms with Crippen LogP contribution < -0.4 is 5.32 Å². The summed E-state index contributed by atoms with van der Waals surface area (Å²) in [6.07, 6.45) is 9.08. The van der Waals surface area contributed by atoms with E-state index in [9.17, 15) is 4.79 Å². The molecule has 110 valence electrons. The SMILES string of the molecule is CCCCCCCCC(=O)C1Cc2ccccc2CN1. The van der Waals surface area contributed by atoms with Gasteiger partial charge in [-0.1, -0.05) is 63.3 Å². The van der Waals surface area contributed by atoms with Gasteiger partial charge in [-0.2, -0.15) is 0 Å². The molecule has 1 N–H and O–H groups in total. The van der Waals surface area contributed by atoms with Gasteiger partial charge < -0.3 is 5.32 Å². The van der Waals surface area contributed by atoms with E-state index in [-0.39, 0.29) is 6.04 Å². The average molecular weight is 273 g/mol. The number of nitrogens with one attached hydrogen (secondary N) is 1. The van der Waals surface area contributed by atoms with Gasteiger partial charge in [0.1, 0.15) is 5.78 Å². The van der Waals surface area contributed by atoms with Crippen LogP contribution in [0.4, 0.5) is 0 Å². The predicted molar refractivity (Wildman–Crippen MR) is 83.8 cm³/mol. The largest absolute Gasteiger partial charge is 0.303 e. The highest BCUT2D eigenvalue weighted by molar-refractivity contribution is 5.84. The fourth-order valence-corrected chi connectivity index (χ4v) is 2.94. The molecule has 1 aliphatic rings. The van der Waals surface area contributed by atoms with Crippen molar-refractivity contribution in [2.45, 2.75) is 70.9 Å². The molecule has 1 aromatic rings. The van der Waals surface area contributed by atoms with E-state index < -0.39 is 0 Å². The molecule has 0 spiro atoms. The number of unbranched alkanes of at least 4 members (excludes halogenated alkanes) is 5. The lowest BCUT2D eigenvalue weighted by Gasteiger charge is -2.25. The van der Waals surface area contributed by atoms with Crippen molar-refractivity contribution in [1.82, 2.24) is 5.32 Å². The summed E-state index contributed by atoms with van der Waals surface area (Å²) in [6.45, 7) is 3.07. The normalized spacial score (nSPS) is 17.8. The summed E-state index contributed by atoms with van der Waals surface area (Å²) in [7, 11) is 0. The number of hydrogen-bond acceptors (Lipinski definition) is 2. The lowest BCUT2D eigenvalue weighted by atomic mass is 9.92. The molecule has 0 bridgehead atoms. The number of rotatable bonds is 8. The molecule has 1 heterocycles.